The number of carbonyl (C=O) groups excluding carboxylic acids is 2. The molecule has 1 saturated heterocycles. The van der Waals surface area contributed by atoms with E-state index in [1.54, 1.807) is 0 Å². The maximum atomic E-state index is 12.9. The Bertz CT molecular complexity index is 829. The second kappa shape index (κ2) is 10.1. The van der Waals surface area contributed by atoms with Gasteiger partial charge in [-0.3, -0.25) is 9.59 Å². The molecule has 1 unspecified atom stereocenters. The Labute approximate surface area is 173 Å². The van der Waals surface area contributed by atoms with Gasteiger partial charge in [0, 0.05) is 31.0 Å². The Hall–Kier alpha value is -2.82. The zero-order valence-corrected chi connectivity index (χ0v) is 17.4. The molecule has 1 fully saturated rings. The molecule has 0 aliphatic carbocycles. The minimum Gasteiger partial charge on any atom is -0.371 e. The van der Waals surface area contributed by atoms with Crippen molar-refractivity contribution in [2.24, 2.45) is 0 Å². The molecular weight excluding hydrogens is 362 g/mol. The number of hydrogen-bond acceptors (Lipinski definition) is 3. The molecule has 2 N–H and O–H groups in total. The molecule has 29 heavy (non-hydrogen) atoms. The Morgan fingerprint density at radius 3 is 2.41 bits per heavy atom. The van der Waals surface area contributed by atoms with Crippen molar-refractivity contribution in [2.75, 3.05) is 29.9 Å². The van der Waals surface area contributed by atoms with Gasteiger partial charge in [0.1, 0.15) is 0 Å². The third-order valence-electron chi connectivity index (χ3n) is 5.42. The highest BCUT2D eigenvalue weighted by molar-refractivity contribution is 6.02. The summed E-state index contributed by atoms with van der Waals surface area (Å²) < 4.78 is 0. The molecule has 1 aliphatic heterocycles. The van der Waals surface area contributed by atoms with Crippen molar-refractivity contribution in [2.45, 2.75) is 45.4 Å². The number of hydrogen-bond donors (Lipinski definition) is 2. The van der Waals surface area contributed by atoms with E-state index in [4.69, 9.17) is 0 Å². The Kier molecular flexibility index (Phi) is 7.28. The second-order valence-corrected chi connectivity index (χ2v) is 7.54. The molecule has 0 radical (unpaired) electrons. The van der Waals surface area contributed by atoms with Gasteiger partial charge in [-0.1, -0.05) is 44.2 Å². The minimum absolute atomic E-state index is 0.0486. The summed E-state index contributed by atoms with van der Waals surface area (Å²) in [6, 6.07) is 15.5. The van der Waals surface area contributed by atoms with Crippen LogP contribution in [-0.2, 0) is 4.79 Å². The van der Waals surface area contributed by atoms with E-state index in [0.717, 1.165) is 43.6 Å². The third kappa shape index (κ3) is 5.17. The summed E-state index contributed by atoms with van der Waals surface area (Å²) in [6.07, 6.45) is 3.88. The van der Waals surface area contributed by atoms with E-state index in [2.05, 4.69) is 15.5 Å². The molecule has 1 heterocycles. The number of anilines is 2. The molecule has 5 heteroatoms. The van der Waals surface area contributed by atoms with Crippen LogP contribution in [0.2, 0.25) is 0 Å². The second-order valence-electron chi connectivity index (χ2n) is 7.54. The van der Waals surface area contributed by atoms with Crippen LogP contribution in [0.1, 0.15) is 61.4 Å². The topological polar surface area (TPSA) is 61.4 Å². The first-order chi connectivity index (χ1) is 14.1. The minimum atomic E-state index is -0.216. The molecule has 0 aromatic heterocycles. The van der Waals surface area contributed by atoms with E-state index in [1.165, 1.54) is 0 Å². The van der Waals surface area contributed by atoms with Gasteiger partial charge < -0.3 is 15.5 Å². The van der Waals surface area contributed by atoms with Crippen LogP contribution < -0.4 is 15.5 Å². The van der Waals surface area contributed by atoms with Crippen LogP contribution in [0.5, 0.6) is 0 Å². The lowest BCUT2D eigenvalue weighted by Crippen LogP contribution is -2.28. The highest BCUT2D eigenvalue weighted by Crippen LogP contribution is 2.29. The number of rotatable bonds is 8. The largest absolute Gasteiger partial charge is 0.371 e. The molecule has 3 rings (SSSR count). The van der Waals surface area contributed by atoms with Crippen LogP contribution in [0.3, 0.4) is 0 Å². The maximum Gasteiger partial charge on any atom is 0.253 e. The van der Waals surface area contributed by atoms with Crippen LogP contribution in [0.25, 0.3) is 0 Å². The fourth-order valence-corrected chi connectivity index (χ4v) is 3.85. The van der Waals surface area contributed by atoms with Gasteiger partial charge in [0.15, 0.2) is 0 Å². The summed E-state index contributed by atoms with van der Waals surface area (Å²) >= 11 is 0. The number of benzene rings is 2. The van der Waals surface area contributed by atoms with Crippen molar-refractivity contribution in [3.8, 4) is 0 Å². The smallest absolute Gasteiger partial charge is 0.253 e. The summed E-state index contributed by atoms with van der Waals surface area (Å²) in [7, 11) is 0. The van der Waals surface area contributed by atoms with Crippen LogP contribution >= 0.6 is 0 Å². The Morgan fingerprint density at radius 1 is 1.03 bits per heavy atom. The van der Waals surface area contributed by atoms with Crippen molar-refractivity contribution < 1.29 is 9.59 Å². The number of carbonyl (C=O) groups is 2. The molecule has 5 nitrogen and oxygen atoms in total. The van der Waals surface area contributed by atoms with E-state index in [-0.39, 0.29) is 17.7 Å². The van der Waals surface area contributed by atoms with Crippen molar-refractivity contribution in [1.82, 2.24) is 5.32 Å². The van der Waals surface area contributed by atoms with Gasteiger partial charge in [-0.15, -0.1) is 0 Å². The summed E-state index contributed by atoms with van der Waals surface area (Å²) in [5.74, 6) is -0.348. The molecule has 0 saturated carbocycles. The Balaban J connectivity index is 1.83. The summed E-state index contributed by atoms with van der Waals surface area (Å²) in [6.45, 7) is 6.61. The van der Waals surface area contributed by atoms with Gasteiger partial charge in [-0.05, 0) is 49.4 Å². The van der Waals surface area contributed by atoms with Crippen molar-refractivity contribution in [3.63, 3.8) is 0 Å². The Morgan fingerprint density at radius 2 is 1.76 bits per heavy atom. The van der Waals surface area contributed by atoms with E-state index in [1.807, 2.05) is 62.4 Å². The zero-order chi connectivity index (χ0) is 20.6. The fraction of sp³-hybridized carbons (Fsp3) is 0.417. The molecule has 2 aromatic rings. The molecule has 2 aromatic carbocycles. The number of nitrogens with one attached hydrogen (secondary N) is 2. The molecule has 154 valence electrons. The quantitative estimate of drug-likeness (QED) is 0.691. The molecule has 0 spiro atoms. The van der Waals surface area contributed by atoms with Crippen molar-refractivity contribution >= 4 is 23.2 Å². The summed E-state index contributed by atoms with van der Waals surface area (Å²) in [5.41, 5.74) is 3.24. The highest BCUT2D eigenvalue weighted by Gasteiger charge is 2.22. The normalized spacial score (nSPS) is 14.5. The average molecular weight is 394 g/mol. The first kappa shape index (κ1) is 20.9. The first-order valence-electron chi connectivity index (χ1n) is 10.7. The van der Waals surface area contributed by atoms with Crippen LogP contribution in [0, 0.1) is 0 Å². The van der Waals surface area contributed by atoms with Gasteiger partial charge in [0.05, 0.1) is 11.5 Å². The predicted molar refractivity (Wildman–Crippen MR) is 119 cm³/mol. The lowest BCUT2D eigenvalue weighted by atomic mass is 9.95. The predicted octanol–water partition coefficient (Wildman–Crippen LogP) is 4.56. The lowest BCUT2D eigenvalue weighted by Gasteiger charge is -2.22. The maximum absolute atomic E-state index is 12.9. The number of nitrogens with zero attached hydrogens (tertiary/aromatic N) is 1. The van der Waals surface area contributed by atoms with Gasteiger partial charge >= 0.3 is 0 Å². The summed E-state index contributed by atoms with van der Waals surface area (Å²) in [4.78, 5) is 28.0. The molecule has 1 aliphatic rings. The van der Waals surface area contributed by atoms with Gasteiger partial charge in [-0.25, -0.2) is 0 Å². The van der Waals surface area contributed by atoms with E-state index in [0.29, 0.717) is 24.2 Å². The monoisotopic (exact) mass is 393 g/mol. The van der Waals surface area contributed by atoms with E-state index in [9.17, 15) is 9.59 Å². The highest BCUT2D eigenvalue weighted by atomic mass is 16.2. The van der Waals surface area contributed by atoms with E-state index < -0.39 is 0 Å². The van der Waals surface area contributed by atoms with Gasteiger partial charge in [0.25, 0.3) is 5.91 Å². The SMILES string of the molecule is CCCNC(=O)c1cc(NC(=O)C(CC)c2ccccc2)ccc1N1CCCC1. The summed E-state index contributed by atoms with van der Waals surface area (Å²) in [5, 5.41) is 6.00. The number of amides is 2. The van der Waals surface area contributed by atoms with Gasteiger partial charge in [0.2, 0.25) is 5.91 Å². The van der Waals surface area contributed by atoms with E-state index >= 15 is 0 Å². The van der Waals surface area contributed by atoms with Crippen LogP contribution in [0.4, 0.5) is 11.4 Å². The molecule has 2 amide bonds. The van der Waals surface area contributed by atoms with Crippen molar-refractivity contribution in [3.05, 3.63) is 59.7 Å². The van der Waals surface area contributed by atoms with Crippen LogP contribution in [-0.4, -0.2) is 31.4 Å². The molecule has 1 atom stereocenters. The third-order valence-corrected chi connectivity index (χ3v) is 5.42. The molecule has 0 bridgehead atoms. The standard InChI is InChI=1S/C24H31N3O2/c1-3-14-25-23(28)21-17-19(12-13-22(21)27-15-8-9-16-27)26-24(29)20(4-2)18-10-6-5-7-11-18/h5-7,10-13,17,20H,3-4,8-9,14-16H2,1-2H3,(H,25,28)(H,26,29). The van der Waals surface area contributed by atoms with Gasteiger partial charge in [-0.2, -0.15) is 0 Å². The molecular formula is C24H31N3O2. The zero-order valence-electron chi connectivity index (χ0n) is 17.4. The first-order valence-corrected chi connectivity index (χ1v) is 10.7. The van der Waals surface area contributed by atoms with Crippen molar-refractivity contribution in [1.29, 1.82) is 0 Å². The lowest BCUT2D eigenvalue weighted by molar-refractivity contribution is -0.117. The average Bonchev–Trinajstić information content (AvgIpc) is 3.28. The fourth-order valence-electron chi connectivity index (χ4n) is 3.85. The van der Waals surface area contributed by atoms with Crippen LogP contribution in [0.15, 0.2) is 48.5 Å².